The lowest BCUT2D eigenvalue weighted by Crippen LogP contribution is -3.00. The van der Waals surface area contributed by atoms with Crippen molar-refractivity contribution in [3.05, 3.63) is 65.7 Å². The SMILES string of the molecule is CCn1c(-c2ccccc2)c(N=Nc2scc(C)[n+]2CC)c2ccccc21.[Cl-]. The van der Waals surface area contributed by atoms with Gasteiger partial charge in [-0.3, -0.25) is 0 Å². The van der Waals surface area contributed by atoms with E-state index in [-0.39, 0.29) is 12.4 Å². The number of rotatable bonds is 5. The van der Waals surface area contributed by atoms with E-state index in [4.69, 9.17) is 5.11 Å². The first kappa shape index (κ1) is 20.2. The van der Waals surface area contributed by atoms with Crippen LogP contribution in [-0.4, -0.2) is 4.57 Å². The standard InChI is InChI=1S/C22H23N4S.ClH/c1-4-25-16(3)15-27-22(25)24-23-20-18-13-9-10-14-19(18)26(5-2)21(20)17-11-7-6-8-12-17;/h6-15H,4-5H2,1-3H3;1H/q+1;/p-1. The fourth-order valence-electron chi connectivity index (χ4n) is 3.57. The average molecular weight is 411 g/mol. The van der Waals surface area contributed by atoms with Crippen LogP contribution >= 0.6 is 11.3 Å². The first-order valence-corrected chi connectivity index (χ1v) is 10.2. The molecule has 0 atom stereocenters. The van der Waals surface area contributed by atoms with E-state index in [2.05, 4.69) is 88.9 Å². The summed E-state index contributed by atoms with van der Waals surface area (Å²) in [5.41, 5.74) is 5.64. The molecule has 0 bridgehead atoms. The number of nitrogens with zero attached hydrogens (tertiary/aromatic N) is 4. The Kier molecular flexibility index (Phi) is 6.27. The van der Waals surface area contributed by atoms with Gasteiger partial charge in [-0.25, -0.2) is 4.57 Å². The lowest BCUT2D eigenvalue weighted by Gasteiger charge is -2.08. The van der Waals surface area contributed by atoms with E-state index in [1.165, 1.54) is 11.2 Å². The maximum absolute atomic E-state index is 4.77. The maximum atomic E-state index is 4.77. The Morgan fingerprint density at radius 2 is 1.68 bits per heavy atom. The second-order valence-electron chi connectivity index (χ2n) is 6.43. The highest BCUT2D eigenvalue weighted by molar-refractivity contribution is 7.12. The van der Waals surface area contributed by atoms with Gasteiger partial charge in [0, 0.05) is 22.9 Å². The Labute approximate surface area is 175 Å². The van der Waals surface area contributed by atoms with E-state index in [9.17, 15) is 0 Å². The number of hydrogen-bond acceptors (Lipinski definition) is 3. The van der Waals surface area contributed by atoms with Gasteiger partial charge in [-0.15, -0.1) is 0 Å². The largest absolute Gasteiger partial charge is 1.00 e. The predicted octanol–water partition coefficient (Wildman–Crippen LogP) is 3.42. The molecule has 0 spiro atoms. The molecular formula is C22H23ClN4S. The number of benzene rings is 2. The van der Waals surface area contributed by atoms with Crippen LogP contribution in [0.4, 0.5) is 10.8 Å². The smallest absolute Gasteiger partial charge is 0.408 e. The summed E-state index contributed by atoms with van der Waals surface area (Å²) in [6.07, 6.45) is 0. The van der Waals surface area contributed by atoms with Gasteiger partial charge in [0.25, 0.3) is 0 Å². The van der Waals surface area contributed by atoms with Crippen molar-refractivity contribution in [3.8, 4) is 11.3 Å². The van der Waals surface area contributed by atoms with Gasteiger partial charge >= 0.3 is 5.13 Å². The molecule has 0 saturated carbocycles. The predicted molar refractivity (Wildman–Crippen MR) is 112 cm³/mol. The summed E-state index contributed by atoms with van der Waals surface area (Å²) >= 11 is 1.64. The zero-order valence-corrected chi connectivity index (χ0v) is 17.8. The van der Waals surface area contributed by atoms with Gasteiger partial charge in [-0.05, 0) is 43.3 Å². The van der Waals surface area contributed by atoms with E-state index in [0.717, 1.165) is 40.6 Å². The van der Waals surface area contributed by atoms with Crippen LogP contribution in [0.15, 0.2) is 70.2 Å². The molecule has 0 radical (unpaired) electrons. The van der Waals surface area contributed by atoms with E-state index >= 15 is 0 Å². The topological polar surface area (TPSA) is 33.5 Å². The van der Waals surface area contributed by atoms with E-state index in [1.807, 2.05) is 6.07 Å². The molecule has 0 aliphatic rings. The fourth-order valence-corrected chi connectivity index (χ4v) is 4.47. The summed E-state index contributed by atoms with van der Waals surface area (Å²) in [6, 6.07) is 18.9. The molecule has 0 unspecified atom stereocenters. The minimum atomic E-state index is 0. The summed E-state index contributed by atoms with van der Waals surface area (Å²) in [5.74, 6) is 0. The van der Waals surface area contributed by atoms with Gasteiger partial charge in [0.15, 0.2) is 0 Å². The van der Waals surface area contributed by atoms with Gasteiger partial charge in [0.2, 0.25) is 0 Å². The molecule has 6 heteroatoms. The summed E-state index contributed by atoms with van der Waals surface area (Å²) in [7, 11) is 0. The molecule has 0 saturated heterocycles. The van der Waals surface area contributed by atoms with Crippen LogP contribution < -0.4 is 17.0 Å². The van der Waals surface area contributed by atoms with Crippen molar-refractivity contribution < 1.29 is 17.0 Å². The molecule has 0 N–H and O–H groups in total. The molecule has 2 aromatic heterocycles. The van der Waals surface area contributed by atoms with Crippen LogP contribution in [0.3, 0.4) is 0 Å². The van der Waals surface area contributed by atoms with Crippen molar-refractivity contribution in [2.75, 3.05) is 0 Å². The van der Waals surface area contributed by atoms with Gasteiger partial charge in [0.05, 0.1) is 22.9 Å². The summed E-state index contributed by atoms with van der Waals surface area (Å²) in [5, 5.41) is 13.6. The van der Waals surface area contributed by atoms with Crippen LogP contribution in [0.1, 0.15) is 19.5 Å². The summed E-state index contributed by atoms with van der Waals surface area (Å²) in [4.78, 5) is 0. The molecule has 0 aliphatic heterocycles. The highest BCUT2D eigenvalue weighted by atomic mass is 35.5. The fraction of sp³-hybridized carbons (Fsp3) is 0.227. The first-order valence-electron chi connectivity index (χ1n) is 9.30. The number of aromatic nitrogens is 2. The van der Waals surface area contributed by atoms with Crippen molar-refractivity contribution in [2.45, 2.75) is 33.9 Å². The second-order valence-corrected chi connectivity index (χ2v) is 7.27. The molecule has 0 fully saturated rings. The number of hydrogen-bond donors (Lipinski definition) is 0. The average Bonchev–Trinajstić information content (AvgIpc) is 3.23. The van der Waals surface area contributed by atoms with Crippen LogP contribution in [0.5, 0.6) is 0 Å². The van der Waals surface area contributed by atoms with Crippen LogP contribution in [0.2, 0.25) is 0 Å². The number of aryl methyl sites for hydroxylation is 2. The summed E-state index contributed by atoms with van der Waals surface area (Å²) in [6.45, 7) is 8.20. The highest BCUT2D eigenvalue weighted by Gasteiger charge is 2.20. The highest BCUT2D eigenvalue weighted by Crippen LogP contribution is 2.41. The summed E-state index contributed by atoms with van der Waals surface area (Å²) < 4.78 is 4.52. The van der Waals surface area contributed by atoms with Crippen molar-refractivity contribution in [2.24, 2.45) is 10.2 Å². The molecule has 144 valence electrons. The van der Waals surface area contributed by atoms with Crippen molar-refractivity contribution in [1.82, 2.24) is 4.57 Å². The third-order valence-electron chi connectivity index (χ3n) is 4.85. The number of para-hydroxylation sites is 1. The van der Waals surface area contributed by atoms with Crippen LogP contribution in [0, 0.1) is 6.92 Å². The van der Waals surface area contributed by atoms with Gasteiger partial charge < -0.3 is 17.0 Å². The third kappa shape index (κ3) is 3.48. The molecular weight excluding hydrogens is 388 g/mol. The Morgan fingerprint density at radius 3 is 2.39 bits per heavy atom. The molecule has 4 nitrogen and oxygen atoms in total. The first-order chi connectivity index (χ1) is 13.2. The molecule has 4 rings (SSSR count). The van der Waals surface area contributed by atoms with Gasteiger partial charge in [-0.2, -0.15) is 0 Å². The Hall–Kier alpha value is -2.50. The van der Waals surface area contributed by atoms with E-state index in [0.29, 0.717) is 0 Å². The van der Waals surface area contributed by atoms with Crippen LogP contribution in [0.25, 0.3) is 22.2 Å². The van der Waals surface area contributed by atoms with E-state index < -0.39 is 0 Å². The van der Waals surface area contributed by atoms with Crippen molar-refractivity contribution in [1.29, 1.82) is 0 Å². The molecule has 4 aromatic rings. The molecule has 2 heterocycles. The third-order valence-corrected chi connectivity index (χ3v) is 5.82. The molecule has 0 aliphatic carbocycles. The number of halogens is 1. The zero-order chi connectivity index (χ0) is 18.8. The normalized spacial score (nSPS) is 11.2. The van der Waals surface area contributed by atoms with Gasteiger partial charge in [-0.1, -0.05) is 48.5 Å². The molecule has 2 aromatic carbocycles. The number of thiazole rings is 1. The lowest BCUT2D eigenvalue weighted by molar-refractivity contribution is -0.682. The molecule has 0 amide bonds. The number of azo groups is 1. The zero-order valence-electron chi connectivity index (χ0n) is 16.3. The Morgan fingerprint density at radius 1 is 0.964 bits per heavy atom. The minimum absolute atomic E-state index is 0. The van der Waals surface area contributed by atoms with Crippen LogP contribution in [-0.2, 0) is 13.1 Å². The Balaban J connectivity index is 0.00000225. The second kappa shape index (κ2) is 8.67. The Bertz CT molecular complexity index is 1110. The number of fused-ring (bicyclic) bond motifs is 1. The lowest BCUT2D eigenvalue weighted by atomic mass is 10.1. The van der Waals surface area contributed by atoms with Gasteiger partial charge in [0.1, 0.15) is 11.4 Å². The van der Waals surface area contributed by atoms with E-state index in [1.54, 1.807) is 11.3 Å². The quantitative estimate of drug-likeness (QED) is 0.357. The van der Waals surface area contributed by atoms with Crippen molar-refractivity contribution in [3.63, 3.8) is 0 Å². The van der Waals surface area contributed by atoms with Crippen molar-refractivity contribution >= 4 is 33.1 Å². The monoisotopic (exact) mass is 410 g/mol. The maximum Gasteiger partial charge on any atom is 0.408 e. The minimum Gasteiger partial charge on any atom is -1.00 e. The molecule has 28 heavy (non-hydrogen) atoms.